The van der Waals surface area contributed by atoms with Crippen molar-refractivity contribution in [3.63, 3.8) is 0 Å². The minimum Gasteiger partial charge on any atom is -0.395 e. The highest BCUT2D eigenvalue weighted by molar-refractivity contribution is 5.78. The summed E-state index contributed by atoms with van der Waals surface area (Å²) in [5.41, 5.74) is 3.27. The highest BCUT2D eigenvalue weighted by atomic mass is 16.3. The second kappa shape index (κ2) is 9.98. The Morgan fingerprint density at radius 3 is 2.50 bits per heavy atom. The van der Waals surface area contributed by atoms with Gasteiger partial charge in [-0.3, -0.25) is 9.69 Å². The summed E-state index contributed by atoms with van der Waals surface area (Å²) in [5.74, 6) is 1.24. The summed E-state index contributed by atoms with van der Waals surface area (Å²) in [5, 5.41) is 15.7. The van der Waals surface area contributed by atoms with Gasteiger partial charge >= 0.3 is 0 Å². The quantitative estimate of drug-likeness (QED) is 0.521. The van der Waals surface area contributed by atoms with Gasteiger partial charge < -0.3 is 20.6 Å². The summed E-state index contributed by atoms with van der Waals surface area (Å²) in [6.45, 7) is 11.9. The van der Waals surface area contributed by atoms with E-state index >= 15 is 0 Å². The van der Waals surface area contributed by atoms with Gasteiger partial charge in [0.05, 0.1) is 18.7 Å². The first-order valence-electron chi connectivity index (χ1n) is 13.3. The van der Waals surface area contributed by atoms with E-state index in [2.05, 4.69) is 63.3 Å². The highest BCUT2D eigenvalue weighted by Crippen LogP contribution is 2.65. The first kappa shape index (κ1) is 25.0. The number of hydrogen-bond acceptors (Lipinski definition) is 7. The molecule has 194 valence electrons. The van der Waals surface area contributed by atoms with E-state index in [4.69, 9.17) is 5.11 Å². The van der Waals surface area contributed by atoms with Crippen LogP contribution in [-0.4, -0.2) is 71.3 Å². The fourth-order valence-electron chi connectivity index (χ4n) is 6.64. The van der Waals surface area contributed by atoms with Gasteiger partial charge in [-0.1, -0.05) is 20.8 Å². The lowest BCUT2D eigenvalue weighted by atomic mass is 9.69. The van der Waals surface area contributed by atoms with Crippen LogP contribution in [0.2, 0.25) is 0 Å². The SMILES string of the molecule is CC1(C)C2CCC1(C)C(NC(=O)Cc1ccnc(Nc3ccc(N4CCN(CCO)CC4)cc3)n1)C2. The molecule has 2 heterocycles. The first-order valence-corrected chi connectivity index (χ1v) is 13.3. The maximum Gasteiger partial charge on any atom is 0.227 e. The standard InChI is InChI=1S/C28H40N6O2/c1-27(2)20-8-10-28(27,3)24(18-20)32-25(36)19-22-9-11-29-26(31-22)30-21-4-6-23(7-5-21)34-14-12-33(13-15-34)16-17-35/h4-7,9,11,20,24,35H,8,10,12-19H2,1-3H3,(H,32,36)(H,29,30,31). The number of carbonyl (C=O) groups is 1. The molecule has 8 heteroatoms. The van der Waals surface area contributed by atoms with Crippen LogP contribution in [-0.2, 0) is 11.2 Å². The molecule has 2 aromatic rings. The number of hydrogen-bond donors (Lipinski definition) is 3. The van der Waals surface area contributed by atoms with Crippen LogP contribution in [0.25, 0.3) is 0 Å². The van der Waals surface area contributed by atoms with E-state index in [1.807, 2.05) is 18.2 Å². The van der Waals surface area contributed by atoms with Gasteiger partial charge in [-0.05, 0) is 66.3 Å². The Morgan fingerprint density at radius 1 is 1.11 bits per heavy atom. The van der Waals surface area contributed by atoms with Crippen LogP contribution in [0.4, 0.5) is 17.3 Å². The van der Waals surface area contributed by atoms with Crippen molar-refractivity contribution < 1.29 is 9.90 Å². The number of anilines is 3. The largest absolute Gasteiger partial charge is 0.395 e. The lowest BCUT2D eigenvalue weighted by Gasteiger charge is -2.39. The van der Waals surface area contributed by atoms with Crippen molar-refractivity contribution in [2.24, 2.45) is 16.7 Å². The van der Waals surface area contributed by atoms with Gasteiger partial charge in [-0.15, -0.1) is 0 Å². The molecular weight excluding hydrogens is 452 g/mol. The number of β-amino-alcohol motifs (C(OH)–C–C–N with tert-alkyl or cyclic N) is 1. The van der Waals surface area contributed by atoms with Crippen molar-refractivity contribution in [3.05, 3.63) is 42.2 Å². The number of aliphatic hydroxyl groups excluding tert-OH is 1. The van der Waals surface area contributed by atoms with Gasteiger partial charge in [-0.2, -0.15) is 0 Å². The molecule has 3 fully saturated rings. The Morgan fingerprint density at radius 2 is 1.86 bits per heavy atom. The highest BCUT2D eigenvalue weighted by Gasteiger charge is 2.61. The van der Waals surface area contributed by atoms with Crippen molar-refractivity contribution in [2.75, 3.05) is 49.5 Å². The lowest BCUT2D eigenvalue weighted by Crippen LogP contribution is -2.47. The Labute approximate surface area is 214 Å². The van der Waals surface area contributed by atoms with E-state index in [1.165, 1.54) is 18.5 Å². The third-order valence-corrected chi connectivity index (χ3v) is 9.46. The number of aromatic nitrogens is 2. The molecule has 3 aliphatic rings. The zero-order valence-corrected chi connectivity index (χ0v) is 21.8. The number of carbonyl (C=O) groups excluding carboxylic acids is 1. The van der Waals surface area contributed by atoms with Crippen LogP contribution >= 0.6 is 0 Å². The van der Waals surface area contributed by atoms with E-state index < -0.39 is 0 Å². The average Bonchev–Trinajstić information content (AvgIpc) is 3.19. The Kier molecular flexibility index (Phi) is 6.92. The number of nitrogens with zero attached hydrogens (tertiary/aromatic N) is 4. The summed E-state index contributed by atoms with van der Waals surface area (Å²) in [6.07, 6.45) is 5.52. The number of piperazine rings is 1. The third kappa shape index (κ3) is 4.81. The molecule has 3 unspecified atom stereocenters. The van der Waals surface area contributed by atoms with Crippen molar-refractivity contribution in [1.82, 2.24) is 20.2 Å². The van der Waals surface area contributed by atoms with Crippen LogP contribution in [0.15, 0.2) is 36.5 Å². The van der Waals surface area contributed by atoms with Crippen LogP contribution in [0, 0.1) is 16.7 Å². The second-order valence-corrected chi connectivity index (χ2v) is 11.5. The smallest absolute Gasteiger partial charge is 0.227 e. The molecule has 3 N–H and O–H groups in total. The van der Waals surface area contributed by atoms with Gasteiger partial charge in [0.1, 0.15) is 0 Å². The molecule has 1 saturated heterocycles. The summed E-state index contributed by atoms with van der Waals surface area (Å²) < 4.78 is 0. The molecule has 5 rings (SSSR count). The molecule has 0 spiro atoms. The fraction of sp³-hybridized carbons (Fsp3) is 0.607. The summed E-state index contributed by atoms with van der Waals surface area (Å²) in [7, 11) is 0. The summed E-state index contributed by atoms with van der Waals surface area (Å²) in [4.78, 5) is 26.5. The van der Waals surface area contributed by atoms with E-state index in [-0.39, 0.29) is 35.8 Å². The maximum absolute atomic E-state index is 12.9. The zero-order valence-electron chi connectivity index (χ0n) is 21.8. The van der Waals surface area contributed by atoms with Crippen molar-refractivity contribution >= 4 is 23.2 Å². The van der Waals surface area contributed by atoms with Gasteiger partial charge in [0.25, 0.3) is 0 Å². The third-order valence-electron chi connectivity index (χ3n) is 9.46. The minimum absolute atomic E-state index is 0.0395. The van der Waals surface area contributed by atoms with Crippen molar-refractivity contribution in [2.45, 2.75) is 52.5 Å². The summed E-state index contributed by atoms with van der Waals surface area (Å²) >= 11 is 0. The van der Waals surface area contributed by atoms with E-state index in [1.54, 1.807) is 6.20 Å². The van der Waals surface area contributed by atoms with Crippen LogP contribution in [0.1, 0.15) is 45.7 Å². The number of aliphatic hydroxyl groups is 1. The molecule has 1 amide bonds. The van der Waals surface area contributed by atoms with E-state index in [9.17, 15) is 4.79 Å². The van der Waals surface area contributed by atoms with Gasteiger partial charge in [0.2, 0.25) is 11.9 Å². The number of rotatable bonds is 8. The topological polar surface area (TPSA) is 93.6 Å². The Hall–Kier alpha value is -2.71. The molecule has 1 aromatic carbocycles. The van der Waals surface area contributed by atoms with Crippen LogP contribution in [0.3, 0.4) is 0 Å². The molecule has 2 bridgehead atoms. The molecule has 2 aliphatic carbocycles. The number of fused-ring (bicyclic) bond motifs is 2. The van der Waals surface area contributed by atoms with Crippen molar-refractivity contribution in [3.8, 4) is 0 Å². The first-order chi connectivity index (χ1) is 17.3. The average molecular weight is 493 g/mol. The van der Waals surface area contributed by atoms with Crippen molar-refractivity contribution in [1.29, 1.82) is 0 Å². The number of benzene rings is 1. The van der Waals surface area contributed by atoms with E-state index in [0.717, 1.165) is 50.5 Å². The Balaban J connectivity index is 1.15. The minimum atomic E-state index is 0.0395. The van der Waals surface area contributed by atoms with Gasteiger partial charge in [-0.25, -0.2) is 9.97 Å². The Bertz CT molecular complexity index is 1070. The lowest BCUT2D eigenvalue weighted by molar-refractivity contribution is -0.122. The van der Waals surface area contributed by atoms with Gasteiger partial charge in [0, 0.05) is 56.3 Å². The normalized spacial score (nSPS) is 27.3. The number of amides is 1. The predicted molar refractivity (Wildman–Crippen MR) is 142 cm³/mol. The fourth-order valence-corrected chi connectivity index (χ4v) is 6.64. The van der Waals surface area contributed by atoms with Gasteiger partial charge in [0.15, 0.2) is 0 Å². The monoisotopic (exact) mass is 492 g/mol. The van der Waals surface area contributed by atoms with Crippen LogP contribution < -0.4 is 15.5 Å². The molecule has 0 radical (unpaired) electrons. The van der Waals surface area contributed by atoms with Crippen LogP contribution in [0.5, 0.6) is 0 Å². The molecule has 1 aromatic heterocycles. The molecular formula is C28H40N6O2. The maximum atomic E-state index is 12.9. The number of nitrogens with one attached hydrogen (secondary N) is 2. The predicted octanol–water partition coefficient (Wildman–Crippen LogP) is 3.21. The molecule has 8 nitrogen and oxygen atoms in total. The molecule has 3 atom stereocenters. The molecule has 2 saturated carbocycles. The molecule has 1 aliphatic heterocycles. The summed E-state index contributed by atoms with van der Waals surface area (Å²) in [6, 6.07) is 10.4. The second-order valence-electron chi connectivity index (χ2n) is 11.5. The van der Waals surface area contributed by atoms with E-state index in [0.29, 0.717) is 11.9 Å². The zero-order chi connectivity index (χ0) is 25.3. The molecule has 36 heavy (non-hydrogen) atoms.